The van der Waals surface area contributed by atoms with E-state index in [-0.39, 0.29) is 6.61 Å². The Labute approximate surface area is 114 Å². The molecule has 18 heavy (non-hydrogen) atoms. The van der Waals surface area contributed by atoms with Crippen LogP contribution >= 0.6 is 11.6 Å². The van der Waals surface area contributed by atoms with Gasteiger partial charge in [-0.2, -0.15) is 0 Å². The van der Waals surface area contributed by atoms with Gasteiger partial charge in [-0.25, -0.2) is 0 Å². The smallest absolute Gasteiger partial charge is 0.0702 e. The van der Waals surface area contributed by atoms with E-state index in [0.29, 0.717) is 11.1 Å². The van der Waals surface area contributed by atoms with E-state index in [9.17, 15) is 5.11 Å². The van der Waals surface area contributed by atoms with E-state index in [1.54, 1.807) is 0 Å². The molecule has 1 aliphatic rings. The van der Waals surface area contributed by atoms with Gasteiger partial charge in [0.1, 0.15) is 0 Å². The lowest BCUT2D eigenvalue weighted by Crippen LogP contribution is -2.37. The van der Waals surface area contributed by atoms with Crippen LogP contribution in [0.3, 0.4) is 0 Å². The Morgan fingerprint density at radius 3 is 2.89 bits per heavy atom. The van der Waals surface area contributed by atoms with Gasteiger partial charge in [0, 0.05) is 35.9 Å². The molecular weight excluding hydrogens is 248 g/mol. The molecular formula is C14H21ClN2O. The van der Waals surface area contributed by atoms with E-state index in [4.69, 9.17) is 11.6 Å². The van der Waals surface area contributed by atoms with Crippen LogP contribution in [0.2, 0.25) is 5.02 Å². The number of benzene rings is 1. The molecule has 1 aromatic rings. The molecule has 1 saturated heterocycles. The number of nitrogens with zero attached hydrogens (tertiary/aromatic N) is 2. The Bertz CT molecular complexity index is 411. The van der Waals surface area contributed by atoms with Crippen molar-refractivity contribution >= 4 is 17.3 Å². The summed E-state index contributed by atoms with van der Waals surface area (Å²) >= 11 is 6.04. The highest BCUT2D eigenvalue weighted by Crippen LogP contribution is 2.26. The Morgan fingerprint density at radius 2 is 2.28 bits per heavy atom. The molecule has 1 aromatic carbocycles. The third-order valence-electron chi connectivity index (χ3n) is 3.79. The summed E-state index contributed by atoms with van der Waals surface area (Å²) in [6.07, 6.45) is 2.52. The largest absolute Gasteiger partial charge is 0.392 e. The third-order valence-corrected chi connectivity index (χ3v) is 4.02. The van der Waals surface area contributed by atoms with E-state index < -0.39 is 0 Å². The summed E-state index contributed by atoms with van der Waals surface area (Å²) in [7, 11) is 4.24. The van der Waals surface area contributed by atoms with Crippen molar-refractivity contribution in [1.82, 2.24) is 4.90 Å². The van der Waals surface area contributed by atoms with Crippen LogP contribution < -0.4 is 4.90 Å². The maximum absolute atomic E-state index is 9.39. The fraction of sp³-hybridized carbons (Fsp3) is 0.571. The molecule has 1 N–H and O–H groups in total. The summed E-state index contributed by atoms with van der Waals surface area (Å²) in [5.41, 5.74) is 1.97. The van der Waals surface area contributed by atoms with E-state index in [1.165, 1.54) is 19.4 Å². The average Bonchev–Trinajstić information content (AvgIpc) is 2.75. The van der Waals surface area contributed by atoms with Gasteiger partial charge in [-0.3, -0.25) is 0 Å². The molecule has 1 heterocycles. The Kier molecular flexibility index (Phi) is 4.49. The second kappa shape index (κ2) is 5.91. The molecule has 0 aliphatic carbocycles. The van der Waals surface area contributed by atoms with Crippen LogP contribution in [0.1, 0.15) is 18.4 Å². The van der Waals surface area contributed by atoms with Crippen LogP contribution in [0.15, 0.2) is 18.2 Å². The first-order valence-corrected chi connectivity index (χ1v) is 6.80. The number of likely N-dealkylation sites (tertiary alicyclic amines) is 1. The molecule has 1 atom stereocenters. The molecule has 0 radical (unpaired) electrons. The number of halogens is 1. The first-order valence-electron chi connectivity index (χ1n) is 6.42. The highest BCUT2D eigenvalue weighted by molar-refractivity contribution is 6.30. The minimum atomic E-state index is 0.0529. The number of anilines is 1. The van der Waals surface area contributed by atoms with E-state index in [0.717, 1.165) is 17.8 Å². The summed E-state index contributed by atoms with van der Waals surface area (Å²) in [6, 6.07) is 6.25. The van der Waals surface area contributed by atoms with Gasteiger partial charge >= 0.3 is 0 Å². The van der Waals surface area contributed by atoms with Crippen LogP contribution in [-0.4, -0.2) is 43.2 Å². The first-order chi connectivity index (χ1) is 8.61. The first kappa shape index (κ1) is 13.7. The molecule has 4 heteroatoms. The number of rotatable bonds is 4. The van der Waals surface area contributed by atoms with Crippen molar-refractivity contribution < 1.29 is 5.11 Å². The lowest BCUT2D eigenvalue weighted by molar-refractivity contribution is 0.281. The van der Waals surface area contributed by atoms with Crippen molar-refractivity contribution in [3.63, 3.8) is 0 Å². The van der Waals surface area contributed by atoms with Crippen molar-refractivity contribution in [2.45, 2.75) is 25.5 Å². The maximum atomic E-state index is 9.39. The molecule has 3 nitrogen and oxygen atoms in total. The zero-order valence-electron chi connectivity index (χ0n) is 11.1. The molecule has 0 amide bonds. The SMILES string of the molecule is CN(CC1CCCN1C)c1cc(Cl)ccc1CO. The molecule has 0 bridgehead atoms. The Balaban J connectivity index is 2.12. The monoisotopic (exact) mass is 268 g/mol. The zero-order valence-corrected chi connectivity index (χ0v) is 11.8. The van der Waals surface area contributed by atoms with Crippen LogP contribution in [0.25, 0.3) is 0 Å². The molecule has 1 aliphatic heterocycles. The lowest BCUT2D eigenvalue weighted by atomic mass is 10.1. The van der Waals surface area contributed by atoms with E-state index in [1.807, 2.05) is 18.2 Å². The molecule has 1 unspecified atom stereocenters. The predicted molar refractivity (Wildman–Crippen MR) is 76.3 cm³/mol. The molecule has 100 valence electrons. The molecule has 0 spiro atoms. The number of aliphatic hydroxyl groups is 1. The van der Waals surface area contributed by atoms with Gasteiger partial charge in [0.15, 0.2) is 0 Å². The van der Waals surface area contributed by atoms with Crippen molar-refractivity contribution in [3.05, 3.63) is 28.8 Å². The minimum Gasteiger partial charge on any atom is -0.392 e. The maximum Gasteiger partial charge on any atom is 0.0702 e. The van der Waals surface area contributed by atoms with E-state index >= 15 is 0 Å². The summed E-state index contributed by atoms with van der Waals surface area (Å²) in [5, 5.41) is 10.1. The lowest BCUT2D eigenvalue weighted by Gasteiger charge is -2.28. The molecule has 0 saturated carbocycles. The second-order valence-electron chi connectivity index (χ2n) is 5.09. The highest BCUT2D eigenvalue weighted by atomic mass is 35.5. The Morgan fingerprint density at radius 1 is 1.50 bits per heavy atom. The van der Waals surface area contributed by atoms with Gasteiger partial charge in [0.25, 0.3) is 0 Å². The van der Waals surface area contributed by atoms with Crippen molar-refractivity contribution in [2.75, 3.05) is 32.1 Å². The van der Waals surface area contributed by atoms with Crippen molar-refractivity contribution in [3.8, 4) is 0 Å². The quantitative estimate of drug-likeness (QED) is 0.908. The van der Waals surface area contributed by atoms with Gasteiger partial charge < -0.3 is 14.9 Å². The number of likely N-dealkylation sites (N-methyl/N-ethyl adjacent to an activating group) is 2. The van der Waals surface area contributed by atoms with Crippen molar-refractivity contribution in [1.29, 1.82) is 0 Å². The third kappa shape index (κ3) is 2.97. The van der Waals surface area contributed by atoms with Crippen LogP contribution in [-0.2, 0) is 6.61 Å². The topological polar surface area (TPSA) is 26.7 Å². The summed E-state index contributed by atoms with van der Waals surface area (Å²) in [4.78, 5) is 4.60. The summed E-state index contributed by atoms with van der Waals surface area (Å²) in [5.74, 6) is 0. The highest BCUT2D eigenvalue weighted by Gasteiger charge is 2.22. The van der Waals surface area contributed by atoms with Crippen LogP contribution in [0, 0.1) is 0 Å². The normalized spacial score (nSPS) is 20.3. The zero-order chi connectivity index (χ0) is 13.1. The molecule has 2 rings (SSSR count). The van der Waals surface area contributed by atoms with Crippen LogP contribution in [0.4, 0.5) is 5.69 Å². The van der Waals surface area contributed by atoms with Crippen molar-refractivity contribution in [2.24, 2.45) is 0 Å². The van der Waals surface area contributed by atoms with Gasteiger partial charge in [-0.1, -0.05) is 17.7 Å². The summed E-state index contributed by atoms with van der Waals surface area (Å²) in [6.45, 7) is 2.21. The fourth-order valence-corrected chi connectivity index (χ4v) is 2.82. The standard InChI is InChI=1S/C14H21ClN2O/c1-16-7-3-4-13(16)9-17(2)14-8-12(15)6-5-11(14)10-18/h5-6,8,13,18H,3-4,7,9-10H2,1-2H3. The van der Waals surface area contributed by atoms with E-state index in [2.05, 4.69) is 23.9 Å². The molecule has 0 aromatic heterocycles. The number of aliphatic hydroxyl groups excluding tert-OH is 1. The minimum absolute atomic E-state index is 0.0529. The number of hydrogen-bond acceptors (Lipinski definition) is 3. The Hall–Kier alpha value is -0.770. The fourth-order valence-electron chi connectivity index (χ4n) is 2.65. The second-order valence-corrected chi connectivity index (χ2v) is 5.52. The van der Waals surface area contributed by atoms with Gasteiger partial charge in [-0.15, -0.1) is 0 Å². The van der Waals surface area contributed by atoms with Gasteiger partial charge in [-0.05, 0) is 38.6 Å². The van der Waals surface area contributed by atoms with Gasteiger partial charge in [0.2, 0.25) is 0 Å². The molecule has 1 fully saturated rings. The number of hydrogen-bond donors (Lipinski definition) is 1. The predicted octanol–water partition coefficient (Wildman–Crippen LogP) is 2.36. The van der Waals surface area contributed by atoms with Gasteiger partial charge in [0.05, 0.1) is 6.61 Å². The summed E-state index contributed by atoms with van der Waals surface area (Å²) < 4.78 is 0. The van der Waals surface area contributed by atoms with Crippen LogP contribution in [0.5, 0.6) is 0 Å². The average molecular weight is 269 g/mol.